The minimum absolute atomic E-state index is 0.317. The van der Waals surface area contributed by atoms with Crippen molar-refractivity contribution in [3.05, 3.63) is 0 Å². The van der Waals surface area contributed by atoms with Gasteiger partial charge in [-0.15, -0.1) is 0 Å². The molecule has 0 fully saturated rings. The second-order valence-electron chi connectivity index (χ2n) is 14.0. The molecule has 0 aromatic carbocycles. The Morgan fingerprint density at radius 1 is 0.391 bits per heavy atom. The van der Waals surface area contributed by atoms with E-state index in [4.69, 9.17) is 0 Å². The van der Waals surface area contributed by atoms with Gasteiger partial charge in [0.15, 0.2) is 0 Å². The number of amides is 2. The van der Waals surface area contributed by atoms with E-state index in [0.717, 1.165) is 37.8 Å². The molecule has 2 amide bonds. The highest BCUT2D eigenvalue weighted by Gasteiger charge is 2.20. The van der Waals surface area contributed by atoms with E-state index in [1.807, 2.05) is 0 Å². The summed E-state index contributed by atoms with van der Waals surface area (Å²) in [4.78, 5) is 22.4. The van der Waals surface area contributed by atoms with Crippen molar-refractivity contribution >= 4 is 12.2 Å². The van der Waals surface area contributed by atoms with Gasteiger partial charge in [-0.1, -0.05) is 194 Å². The van der Waals surface area contributed by atoms with Crippen LogP contribution in [0.1, 0.15) is 206 Å². The molecule has 0 aliphatic heterocycles. The van der Waals surface area contributed by atoms with E-state index in [-0.39, 0.29) is 12.2 Å². The second kappa shape index (κ2) is 36.4. The number of alkyl carbamates (subject to hydrolysis) is 2. The Morgan fingerprint density at radius 3 is 0.891 bits per heavy atom. The molecule has 2 atom stereocenters. The maximum absolute atomic E-state index is 11.2. The molecule has 0 aliphatic carbocycles. The van der Waals surface area contributed by atoms with Gasteiger partial charge in [-0.25, -0.2) is 9.59 Å². The van der Waals surface area contributed by atoms with Crippen LogP contribution in [0.3, 0.4) is 0 Å². The minimum Gasteiger partial charge on any atom is -0.453 e. The number of hydrogen-bond donors (Lipinski definition) is 2. The smallest absolute Gasteiger partial charge is 0.406 e. The van der Waals surface area contributed by atoms with Gasteiger partial charge in [0.05, 0.1) is 14.2 Å². The molecular formula is C40H80N2O4. The molecule has 274 valence electrons. The fourth-order valence-corrected chi connectivity index (χ4v) is 6.96. The summed E-state index contributed by atoms with van der Waals surface area (Å²) in [6, 6.07) is 0. The van der Waals surface area contributed by atoms with Gasteiger partial charge in [0, 0.05) is 13.1 Å². The van der Waals surface area contributed by atoms with Crippen molar-refractivity contribution in [2.75, 3.05) is 27.3 Å². The molecule has 0 heterocycles. The zero-order valence-corrected chi connectivity index (χ0v) is 31.4. The lowest BCUT2D eigenvalue weighted by Crippen LogP contribution is -2.23. The topological polar surface area (TPSA) is 76.7 Å². The first-order valence-corrected chi connectivity index (χ1v) is 20.2. The van der Waals surface area contributed by atoms with E-state index in [2.05, 4.69) is 34.0 Å². The van der Waals surface area contributed by atoms with E-state index < -0.39 is 0 Å². The molecule has 6 heteroatoms. The van der Waals surface area contributed by atoms with Crippen LogP contribution < -0.4 is 10.6 Å². The first kappa shape index (κ1) is 44.5. The average molecular weight is 653 g/mol. The van der Waals surface area contributed by atoms with Crippen LogP contribution in [0, 0.1) is 11.8 Å². The number of ether oxygens (including phenoxy) is 2. The average Bonchev–Trinajstić information content (AvgIpc) is 3.07. The maximum atomic E-state index is 11.2. The Kier molecular flexibility index (Phi) is 35.2. The molecule has 0 bridgehead atoms. The summed E-state index contributed by atoms with van der Waals surface area (Å²) in [5, 5.41) is 5.59. The van der Waals surface area contributed by atoms with E-state index in [1.54, 1.807) is 0 Å². The summed E-state index contributed by atoms with van der Waals surface area (Å²) in [5.74, 6) is 1.81. The molecule has 0 aliphatic rings. The van der Waals surface area contributed by atoms with E-state index in [9.17, 15) is 9.59 Å². The minimum atomic E-state index is -0.317. The molecule has 2 unspecified atom stereocenters. The number of carbonyl (C=O) groups excluding carboxylic acids is 2. The van der Waals surface area contributed by atoms with E-state index in [1.165, 1.54) is 194 Å². The third kappa shape index (κ3) is 31.2. The molecule has 46 heavy (non-hydrogen) atoms. The number of methoxy groups -OCH3 is 2. The van der Waals surface area contributed by atoms with Crippen LogP contribution in [-0.4, -0.2) is 39.5 Å². The second-order valence-corrected chi connectivity index (χ2v) is 14.0. The van der Waals surface area contributed by atoms with Crippen molar-refractivity contribution in [2.24, 2.45) is 11.8 Å². The summed E-state index contributed by atoms with van der Waals surface area (Å²) in [6.07, 6.45) is 39.9. The summed E-state index contributed by atoms with van der Waals surface area (Å²) >= 11 is 0. The molecule has 0 radical (unpaired) electrons. The van der Waals surface area contributed by atoms with Gasteiger partial charge in [0.1, 0.15) is 0 Å². The van der Waals surface area contributed by atoms with Crippen LogP contribution in [-0.2, 0) is 9.47 Å². The molecule has 0 aromatic rings. The van der Waals surface area contributed by atoms with Crippen LogP contribution in [0.2, 0.25) is 0 Å². The lowest BCUT2D eigenvalue weighted by atomic mass is 9.78. The predicted molar refractivity (Wildman–Crippen MR) is 198 cm³/mol. The van der Waals surface area contributed by atoms with Gasteiger partial charge >= 0.3 is 12.2 Å². The Bertz CT molecular complexity index is 591. The molecule has 2 N–H and O–H groups in total. The first-order chi connectivity index (χ1) is 22.6. The molecule has 0 saturated carbocycles. The lowest BCUT2D eigenvalue weighted by Gasteiger charge is -2.28. The Hall–Kier alpha value is -1.46. The number of nitrogens with one attached hydrogen (secondary N) is 2. The SMILES string of the molecule is CCCCCCCCCC(CCCCCCCCNC(=O)OC)C(CCCCCCCCC)CCCCCCCCNC(=O)OC. The quantitative estimate of drug-likeness (QED) is 0.0668. The van der Waals surface area contributed by atoms with Crippen molar-refractivity contribution in [2.45, 2.75) is 206 Å². The maximum Gasteiger partial charge on any atom is 0.406 e. The summed E-state index contributed by atoms with van der Waals surface area (Å²) in [6.45, 7) is 6.06. The van der Waals surface area contributed by atoms with Gasteiger partial charge in [0.2, 0.25) is 0 Å². The van der Waals surface area contributed by atoms with Crippen LogP contribution in [0.5, 0.6) is 0 Å². The number of carbonyl (C=O) groups is 2. The van der Waals surface area contributed by atoms with Gasteiger partial charge in [-0.3, -0.25) is 0 Å². The van der Waals surface area contributed by atoms with Crippen LogP contribution >= 0.6 is 0 Å². The third-order valence-electron chi connectivity index (χ3n) is 9.94. The monoisotopic (exact) mass is 653 g/mol. The van der Waals surface area contributed by atoms with E-state index in [0.29, 0.717) is 0 Å². The summed E-state index contributed by atoms with van der Waals surface area (Å²) in [5.41, 5.74) is 0. The lowest BCUT2D eigenvalue weighted by molar-refractivity contribution is 0.170. The summed E-state index contributed by atoms with van der Waals surface area (Å²) in [7, 11) is 2.85. The normalized spacial score (nSPS) is 12.5. The zero-order chi connectivity index (χ0) is 33.8. The van der Waals surface area contributed by atoms with Gasteiger partial charge in [-0.05, 0) is 24.7 Å². The van der Waals surface area contributed by atoms with Gasteiger partial charge in [-0.2, -0.15) is 0 Å². The standard InChI is InChI=1S/C40H80N2O4/c1-5-7-9-11-13-19-25-31-37(33-27-21-15-17-23-29-35-41-39(43)45-3)38(32-26-20-14-12-10-8-6-2)34-28-22-16-18-24-30-36-42-40(44)46-4/h37-38H,5-36H2,1-4H3,(H,41,43)(H,42,44). The molecule has 0 saturated heterocycles. The third-order valence-corrected chi connectivity index (χ3v) is 9.94. The number of unbranched alkanes of at least 4 members (excludes halogenated alkanes) is 22. The fourth-order valence-electron chi connectivity index (χ4n) is 6.96. The zero-order valence-electron chi connectivity index (χ0n) is 31.4. The highest BCUT2D eigenvalue weighted by Crippen LogP contribution is 2.33. The Morgan fingerprint density at radius 2 is 0.630 bits per heavy atom. The predicted octanol–water partition coefficient (Wildman–Crippen LogP) is 12.7. The molecule has 0 rings (SSSR count). The molecule has 6 nitrogen and oxygen atoms in total. The van der Waals surface area contributed by atoms with Crippen LogP contribution in [0.15, 0.2) is 0 Å². The van der Waals surface area contributed by atoms with Crippen molar-refractivity contribution in [1.29, 1.82) is 0 Å². The van der Waals surface area contributed by atoms with Crippen molar-refractivity contribution < 1.29 is 19.1 Å². The highest BCUT2D eigenvalue weighted by molar-refractivity contribution is 5.67. The molecule has 0 aromatic heterocycles. The number of hydrogen-bond acceptors (Lipinski definition) is 4. The van der Waals surface area contributed by atoms with Crippen molar-refractivity contribution in [1.82, 2.24) is 10.6 Å². The number of rotatable bonds is 35. The van der Waals surface area contributed by atoms with Crippen LogP contribution in [0.4, 0.5) is 9.59 Å². The first-order valence-electron chi connectivity index (χ1n) is 20.2. The van der Waals surface area contributed by atoms with Crippen LogP contribution in [0.25, 0.3) is 0 Å². The highest BCUT2D eigenvalue weighted by atomic mass is 16.5. The van der Waals surface area contributed by atoms with Crippen molar-refractivity contribution in [3.63, 3.8) is 0 Å². The van der Waals surface area contributed by atoms with Crippen molar-refractivity contribution in [3.8, 4) is 0 Å². The van der Waals surface area contributed by atoms with Gasteiger partial charge in [0.25, 0.3) is 0 Å². The molecular weight excluding hydrogens is 572 g/mol. The summed E-state index contributed by atoms with van der Waals surface area (Å²) < 4.78 is 9.32. The molecule has 0 spiro atoms. The fraction of sp³-hybridized carbons (Fsp3) is 0.950. The van der Waals surface area contributed by atoms with E-state index >= 15 is 0 Å². The Labute approximate surface area is 287 Å². The van der Waals surface area contributed by atoms with Gasteiger partial charge < -0.3 is 20.1 Å². The largest absolute Gasteiger partial charge is 0.453 e. The Balaban J connectivity index is 4.77.